The fourth-order valence-corrected chi connectivity index (χ4v) is 2.46. The summed E-state index contributed by atoms with van der Waals surface area (Å²) in [4.78, 5) is 11.6. The number of rotatable bonds is 4. The summed E-state index contributed by atoms with van der Waals surface area (Å²) in [7, 11) is 1.52. The third-order valence-electron chi connectivity index (χ3n) is 3.00. The number of amides is 1. The highest BCUT2D eigenvalue weighted by atomic mass is 79.9. The van der Waals surface area contributed by atoms with E-state index in [9.17, 15) is 4.79 Å². The van der Waals surface area contributed by atoms with E-state index in [-0.39, 0.29) is 5.91 Å². The maximum atomic E-state index is 11.6. The quantitative estimate of drug-likeness (QED) is 0.925. The highest BCUT2D eigenvalue weighted by Crippen LogP contribution is 2.32. The molecule has 1 aliphatic rings. The first-order valence-electron chi connectivity index (χ1n) is 5.86. The minimum atomic E-state index is -0.439. The molecular weight excluding hydrogens is 298 g/mol. The van der Waals surface area contributed by atoms with Gasteiger partial charge in [-0.3, -0.25) is 4.79 Å². The smallest absolute Gasteiger partial charge is 0.249 e. The Balaban J connectivity index is 2.08. The van der Waals surface area contributed by atoms with Gasteiger partial charge in [-0.25, -0.2) is 0 Å². The number of carbonyl (C=O) groups excluding carboxylic acids is 1. The lowest BCUT2D eigenvalue weighted by Crippen LogP contribution is -2.33. The topological polar surface area (TPSA) is 47.6 Å². The van der Waals surface area contributed by atoms with Gasteiger partial charge < -0.3 is 14.8 Å². The SMILES string of the molecule is COC(C)C(=O)NCc1cc(Br)cc2c1OCC2. The Labute approximate surface area is 115 Å². The number of hydrogen-bond donors (Lipinski definition) is 1. The van der Waals surface area contributed by atoms with Crippen LogP contribution in [0, 0.1) is 0 Å². The van der Waals surface area contributed by atoms with Gasteiger partial charge in [0.1, 0.15) is 11.9 Å². The van der Waals surface area contributed by atoms with Crippen molar-refractivity contribution >= 4 is 21.8 Å². The Kier molecular flexibility index (Phi) is 4.24. The maximum absolute atomic E-state index is 11.6. The van der Waals surface area contributed by atoms with Gasteiger partial charge >= 0.3 is 0 Å². The first kappa shape index (κ1) is 13.4. The minimum absolute atomic E-state index is 0.121. The van der Waals surface area contributed by atoms with Crippen molar-refractivity contribution in [1.82, 2.24) is 5.32 Å². The molecule has 2 rings (SSSR count). The monoisotopic (exact) mass is 313 g/mol. The normalized spacial score (nSPS) is 14.8. The average Bonchev–Trinajstić information content (AvgIpc) is 2.82. The van der Waals surface area contributed by atoms with Gasteiger partial charge in [0, 0.05) is 30.1 Å². The molecule has 1 unspecified atom stereocenters. The third-order valence-corrected chi connectivity index (χ3v) is 3.46. The summed E-state index contributed by atoms with van der Waals surface area (Å²) < 4.78 is 11.6. The van der Waals surface area contributed by atoms with Gasteiger partial charge in [-0.1, -0.05) is 15.9 Å². The Morgan fingerprint density at radius 2 is 2.39 bits per heavy atom. The molecule has 1 aliphatic heterocycles. The van der Waals surface area contributed by atoms with E-state index >= 15 is 0 Å². The molecule has 0 saturated carbocycles. The highest BCUT2D eigenvalue weighted by molar-refractivity contribution is 9.10. The van der Waals surface area contributed by atoms with Crippen LogP contribution in [0.2, 0.25) is 0 Å². The van der Waals surface area contributed by atoms with Crippen molar-refractivity contribution in [3.05, 3.63) is 27.7 Å². The molecule has 18 heavy (non-hydrogen) atoms. The molecule has 1 amide bonds. The van der Waals surface area contributed by atoms with Gasteiger partial charge in [0.05, 0.1) is 6.61 Å². The maximum Gasteiger partial charge on any atom is 0.249 e. The number of hydrogen-bond acceptors (Lipinski definition) is 3. The number of benzene rings is 1. The zero-order valence-electron chi connectivity index (χ0n) is 10.5. The molecule has 0 bridgehead atoms. The molecule has 1 atom stereocenters. The molecular formula is C13H16BrNO3. The lowest BCUT2D eigenvalue weighted by Gasteiger charge is -2.13. The summed E-state index contributed by atoms with van der Waals surface area (Å²) in [6, 6.07) is 4.04. The second-order valence-corrected chi connectivity index (χ2v) is 5.16. The third kappa shape index (κ3) is 2.84. The minimum Gasteiger partial charge on any atom is -0.493 e. The van der Waals surface area contributed by atoms with E-state index in [0.717, 1.165) is 22.2 Å². The van der Waals surface area contributed by atoms with E-state index in [2.05, 4.69) is 27.3 Å². The Morgan fingerprint density at radius 3 is 3.11 bits per heavy atom. The molecule has 1 N–H and O–H groups in total. The Bertz CT molecular complexity index is 462. The van der Waals surface area contributed by atoms with Gasteiger partial charge in [-0.2, -0.15) is 0 Å². The van der Waals surface area contributed by atoms with Crippen LogP contribution in [0.3, 0.4) is 0 Å². The summed E-state index contributed by atoms with van der Waals surface area (Å²) in [6.45, 7) is 2.88. The van der Waals surface area contributed by atoms with Crippen LogP contribution in [-0.4, -0.2) is 25.7 Å². The van der Waals surface area contributed by atoms with E-state index in [1.54, 1.807) is 6.92 Å². The molecule has 0 spiro atoms. The number of carbonyl (C=O) groups is 1. The van der Waals surface area contributed by atoms with Crippen LogP contribution in [-0.2, 0) is 22.5 Å². The fourth-order valence-electron chi connectivity index (χ4n) is 1.91. The molecule has 0 radical (unpaired) electrons. The molecule has 1 aromatic rings. The number of methoxy groups -OCH3 is 1. The molecule has 1 aromatic carbocycles. The van der Waals surface area contributed by atoms with Crippen molar-refractivity contribution in [3.63, 3.8) is 0 Å². The number of ether oxygens (including phenoxy) is 2. The predicted molar refractivity (Wildman–Crippen MR) is 71.7 cm³/mol. The van der Waals surface area contributed by atoms with Crippen molar-refractivity contribution in [1.29, 1.82) is 0 Å². The van der Waals surface area contributed by atoms with Crippen LogP contribution in [0.1, 0.15) is 18.1 Å². The number of halogens is 1. The highest BCUT2D eigenvalue weighted by Gasteiger charge is 2.18. The number of fused-ring (bicyclic) bond motifs is 1. The summed E-state index contributed by atoms with van der Waals surface area (Å²) >= 11 is 3.47. The molecule has 0 fully saturated rings. The van der Waals surface area contributed by atoms with Gasteiger partial charge in [0.2, 0.25) is 5.91 Å². The van der Waals surface area contributed by atoms with E-state index in [1.807, 2.05) is 6.07 Å². The van der Waals surface area contributed by atoms with Crippen molar-refractivity contribution < 1.29 is 14.3 Å². The van der Waals surface area contributed by atoms with Crippen LogP contribution in [0.4, 0.5) is 0 Å². The first-order chi connectivity index (χ1) is 8.61. The van der Waals surface area contributed by atoms with Gasteiger partial charge in [-0.05, 0) is 24.6 Å². The van der Waals surface area contributed by atoms with Crippen LogP contribution >= 0.6 is 15.9 Å². The summed E-state index contributed by atoms with van der Waals surface area (Å²) in [5.41, 5.74) is 2.18. The van der Waals surface area contributed by atoms with Crippen molar-refractivity contribution in [3.8, 4) is 5.75 Å². The summed E-state index contributed by atoms with van der Waals surface area (Å²) in [5, 5.41) is 2.84. The van der Waals surface area contributed by atoms with Crippen LogP contribution < -0.4 is 10.1 Å². The Morgan fingerprint density at radius 1 is 1.61 bits per heavy atom. The van der Waals surface area contributed by atoms with Gasteiger partial charge in [-0.15, -0.1) is 0 Å². The second kappa shape index (κ2) is 5.71. The van der Waals surface area contributed by atoms with Crippen molar-refractivity contribution in [2.45, 2.75) is 26.0 Å². The van der Waals surface area contributed by atoms with E-state index in [1.165, 1.54) is 12.7 Å². The van der Waals surface area contributed by atoms with Crippen LogP contribution in [0.25, 0.3) is 0 Å². The summed E-state index contributed by atoms with van der Waals surface area (Å²) in [5.74, 6) is 0.785. The van der Waals surface area contributed by atoms with Crippen LogP contribution in [0.5, 0.6) is 5.75 Å². The lowest BCUT2D eigenvalue weighted by atomic mass is 10.1. The van der Waals surface area contributed by atoms with Crippen molar-refractivity contribution in [2.75, 3.05) is 13.7 Å². The Hall–Kier alpha value is -1.07. The summed E-state index contributed by atoms with van der Waals surface area (Å²) in [6.07, 6.45) is 0.482. The zero-order valence-corrected chi connectivity index (χ0v) is 12.0. The second-order valence-electron chi connectivity index (χ2n) is 4.25. The number of nitrogens with one attached hydrogen (secondary N) is 1. The molecule has 0 aliphatic carbocycles. The van der Waals surface area contributed by atoms with E-state index in [4.69, 9.17) is 9.47 Å². The lowest BCUT2D eigenvalue weighted by molar-refractivity contribution is -0.130. The molecule has 1 heterocycles. The molecule has 0 saturated heterocycles. The first-order valence-corrected chi connectivity index (χ1v) is 6.65. The predicted octanol–water partition coefficient (Wildman–Crippen LogP) is 2.04. The zero-order chi connectivity index (χ0) is 13.1. The average molecular weight is 314 g/mol. The van der Waals surface area contributed by atoms with E-state index in [0.29, 0.717) is 13.2 Å². The van der Waals surface area contributed by atoms with Crippen LogP contribution in [0.15, 0.2) is 16.6 Å². The fraction of sp³-hybridized carbons (Fsp3) is 0.462. The van der Waals surface area contributed by atoms with E-state index < -0.39 is 6.10 Å². The molecule has 4 nitrogen and oxygen atoms in total. The standard InChI is InChI=1S/C13H16BrNO3/c1-8(17-2)13(16)15-7-10-6-11(14)5-9-3-4-18-12(9)10/h5-6,8H,3-4,7H2,1-2H3,(H,15,16). The molecule has 0 aromatic heterocycles. The van der Waals surface area contributed by atoms with Crippen molar-refractivity contribution in [2.24, 2.45) is 0 Å². The molecule has 98 valence electrons. The molecule has 5 heteroatoms. The largest absolute Gasteiger partial charge is 0.493 e. The van der Waals surface area contributed by atoms with Gasteiger partial charge in [0.25, 0.3) is 0 Å². The van der Waals surface area contributed by atoms with Gasteiger partial charge in [0.15, 0.2) is 0 Å².